The number of rotatable bonds is 7. The van der Waals surface area contributed by atoms with Crippen LogP contribution in [0.3, 0.4) is 0 Å². The smallest absolute Gasteiger partial charge is 0.165 e. The van der Waals surface area contributed by atoms with Crippen molar-refractivity contribution in [1.82, 2.24) is 25.5 Å². The molecule has 1 heterocycles. The number of nitrogens with one attached hydrogen (secondary N) is 1. The Labute approximate surface area is 114 Å². The number of aromatic nitrogens is 4. The summed E-state index contributed by atoms with van der Waals surface area (Å²) in [5.41, 5.74) is 2.58. The lowest BCUT2D eigenvalue weighted by atomic mass is 10.1. The number of hydrogen-bond donors (Lipinski definition) is 1. The van der Waals surface area contributed by atoms with Crippen molar-refractivity contribution in [3.8, 4) is 0 Å². The van der Waals surface area contributed by atoms with E-state index in [2.05, 4.69) is 59.0 Å². The summed E-state index contributed by atoms with van der Waals surface area (Å²) >= 11 is 0. The first-order valence-corrected chi connectivity index (χ1v) is 6.87. The maximum absolute atomic E-state index is 4.06. The molecule has 1 aromatic heterocycles. The van der Waals surface area contributed by atoms with Gasteiger partial charge < -0.3 is 5.32 Å². The molecule has 2 aromatic rings. The van der Waals surface area contributed by atoms with Gasteiger partial charge in [0.05, 0.1) is 13.1 Å². The molecule has 5 nitrogen and oxygen atoms in total. The highest BCUT2D eigenvalue weighted by molar-refractivity contribution is 5.22. The van der Waals surface area contributed by atoms with Crippen LogP contribution in [0.5, 0.6) is 0 Å². The van der Waals surface area contributed by atoms with Crippen molar-refractivity contribution in [3.05, 3.63) is 41.2 Å². The molecule has 5 heteroatoms. The van der Waals surface area contributed by atoms with Crippen molar-refractivity contribution in [1.29, 1.82) is 0 Å². The monoisotopic (exact) mass is 259 g/mol. The zero-order chi connectivity index (χ0) is 13.5. The predicted molar refractivity (Wildman–Crippen MR) is 74.7 cm³/mol. The standard InChI is InChI=1S/C14H21N5/c1-3-9-15-10-14-16-17-18-19(14)11-13-7-5-12(4-2)6-8-13/h5-8,15H,3-4,9-11H2,1-2H3. The lowest BCUT2D eigenvalue weighted by Crippen LogP contribution is -2.18. The van der Waals surface area contributed by atoms with E-state index in [-0.39, 0.29) is 0 Å². The summed E-state index contributed by atoms with van der Waals surface area (Å²) < 4.78 is 1.85. The van der Waals surface area contributed by atoms with Gasteiger partial charge in [0.1, 0.15) is 0 Å². The minimum Gasteiger partial charge on any atom is -0.310 e. The molecule has 0 spiro atoms. The molecule has 0 bridgehead atoms. The van der Waals surface area contributed by atoms with E-state index in [0.717, 1.165) is 31.8 Å². The lowest BCUT2D eigenvalue weighted by molar-refractivity contribution is 0.577. The van der Waals surface area contributed by atoms with Crippen LogP contribution in [0.15, 0.2) is 24.3 Å². The zero-order valence-electron chi connectivity index (χ0n) is 11.6. The van der Waals surface area contributed by atoms with Crippen molar-refractivity contribution < 1.29 is 0 Å². The molecule has 0 amide bonds. The van der Waals surface area contributed by atoms with E-state index in [1.54, 1.807) is 0 Å². The van der Waals surface area contributed by atoms with Gasteiger partial charge in [-0.2, -0.15) is 0 Å². The van der Waals surface area contributed by atoms with Crippen molar-refractivity contribution >= 4 is 0 Å². The topological polar surface area (TPSA) is 55.6 Å². The second-order valence-corrected chi connectivity index (χ2v) is 4.60. The van der Waals surface area contributed by atoms with Crippen molar-refractivity contribution in [2.45, 2.75) is 39.8 Å². The molecule has 19 heavy (non-hydrogen) atoms. The third kappa shape index (κ3) is 3.86. The Hall–Kier alpha value is -1.75. The van der Waals surface area contributed by atoms with Crippen molar-refractivity contribution in [2.75, 3.05) is 6.54 Å². The number of aryl methyl sites for hydroxylation is 1. The maximum atomic E-state index is 4.06. The number of hydrogen-bond acceptors (Lipinski definition) is 4. The zero-order valence-corrected chi connectivity index (χ0v) is 11.6. The molecule has 0 saturated carbocycles. The first kappa shape index (κ1) is 13.7. The second kappa shape index (κ2) is 6.99. The average Bonchev–Trinajstić information content (AvgIpc) is 2.87. The fourth-order valence-corrected chi connectivity index (χ4v) is 1.90. The normalized spacial score (nSPS) is 10.8. The van der Waals surface area contributed by atoms with Crippen LogP contribution in [-0.4, -0.2) is 26.8 Å². The molecule has 0 atom stereocenters. The SMILES string of the molecule is CCCNCc1nnnn1Cc1ccc(CC)cc1. The van der Waals surface area contributed by atoms with Crippen LogP contribution in [0.25, 0.3) is 0 Å². The fourth-order valence-electron chi connectivity index (χ4n) is 1.90. The minimum atomic E-state index is 0.716. The summed E-state index contributed by atoms with van der Waals surface area (Å²) in [5.74, 6) is 0.882. The fraction of sp³-hybridized carbons (Fsp3) is 0.500. The van der Waals surface area contributed by atoms with Gasteiger partial charge >= 0.3 is 0 Å². The van der Waals surface area contributed by atoms with Crippen LogP contribution in [0.4, 0.5) is 0 Å². The molecule has 0 saturated heterocycles. The van der Waals surface area contributed by atoms with Crippen LogP contribution in [0.2, 0.25) is 0 Å². The molecule has 0 aliphatic heterocycles. The Morgan fingerprint density at radius 1 is 1.11 bits per heavy atom. The Morgan fingerprint density at radius 2 is 1.84 bits per heavy atom. The largest absolute Gasteiger partial charge is 0.310 e. The van der Waals surface area contributed by atoms with Gasteiger partial charge in [-0.15, -0.1) is 5.10 Å². The molecule has 0 aliphatic carbocycles. The number of tetrazole rings is 1. The average molecular weight is 259 g/mol. The molecule has 0 unspecified atom stereocenters. The summed E-state index contributed by atoms with van der Waals surface area (Å²) in [6, 6.07) is 8.61. The van der Waals surface area contributed by atoms with E-state index >= 15 is 0 Å². The molecule has 1 N–H and O–H groups in total. The van der Waals surface area contributed by atoms with E-state index in [9.17, 15) is 0 Å². The quantitative estimate of drug-likeness (QED) is 0.770. The minimum absolute atomic E-state index is 0.716. The van der Waals surface area contributed by atoms with Gasteiger partial charge in [-0.05, 0) is 40.9 Å². The van der Waals surface area contributed by atoms with Crippen LogP contribution >= 0.6 is 0 Å². The van der Waals surface area contributed by atoms with Gasteiger partial charge in [-0.1, -0.05) is 38.1 Å². The molecular weight excluding hydrogens is 238 g/mol. The van der Waals surface area contributed by atoms with E-state index < -0.39 is 0 Å². The summed E-state index contributed by atoms with van der Waals surface area (Å²) in [6.45, 7) is 6.73. The highest BCUT2D eigenvalue weighted by Crippen LogP contribution is 2.07. The molecular formula is C14H21N5. The number of nitrogens with zero attached hydrogens (tertiary/aromatic N) is 4. The first-order chi connectivity index (χ1) is 9.33. The molecule has 0 fully saturated rings. The van der Waals surface area contributed by atoms with Gasteiger partial charge in [0.25, 0.3) is 0 Å². The van der Waals surface area contributed by atoms with Gasteiger partial charge in [0, 0.05) is 0 Å². The molecule has 102 valence electrons. The molecule has 2 rings (SSSR count). The first-order valence-electron chi connectivity index (χ1n) is 6.87. The Morgan fingerprint density at radius 3 is 2.53 bits per heavy atom. The summed E-state index contributed by atoms with van der Waals surface area (Å²) in [5, 5.41) is 15.2. The van der Waals surface area contributed by atoms with E-state index in [1.165, 1.54) is 11.1 Å². The molecule has 1 aromatic carbocycles. The van der Waals surface area contributed by atoms with E-state index in [4.69, 9.17) is 0 Å². The molecule has 0 aliphatic rings. The summed E-state index contributed by atoms with van der Waals surface area (Å²) in [6.07, 6.45) is 2.18. The highest BCUT2D eigenvalue weighted by Gasteiger charge is 2.05. The third-order valence-corrected chi connectivity index (χ3v) is 3.08. The second-order valence-electron chi connectivity index (χ2n) is 4.60. The lowest BCUT2D eigenvalue weighted by Gasteiger charge is -2.06. The van der Waals surface area contributed by atoms with Gasteiger partial charge in [0.15, 0.2) is 5.82 Å². The Balaban J connectivity index is 1.99. The Bertz CT molecular complexity index is 489. The number of benzene rings is 1. The maximum Gasteiger partial charge on any atom is 0.165 e. The van der Waals surface area contributed by atoms with Gasteiger partial charge in [-0.25, -0.2) is 4.68 Å². The highest BCUT2D eigenvalue weighted by atomic mass is 15.5. The third-order valence-electron chi connectivity index (χ3n) is 3.08. The van der Waals surface area contributed by atoms with Crippen LogP contribution in [0.1, 0.15) is 37.2 Å². The van der Waals surface area contributed by atoms with Crippen molar-refractivity contribution in [3.63, 3.8) is 0 Å². The van der Waals surface area contributed by atoms with Crippen molar-refractivity contribution in [2.24, 2.45) is 0 Å². The Kier molecular flexibility index (Phi) is 5.03. The van der Waals surface area contributed by atoms with E-state index in [0.29, 0.717) is 6.54 Å². The summed E-state index contributed by atoms with van der Waals surface area (Å²) in [7, 11) is 0. The van der Waals surface area contributed by atoms with Crippen LogP contribution < -0.4 is 5.32 Å². The van der Waals surface area contributed by atoms with Crippen LogP contribution in [0, 0.1) is 0 Å². The molecule has 0 radical (unpaired) electrons. The van der Waals surface area contributed by atoms with E-state index in [1.807, 2.05) is 4.68 Å². The predicted octanol–water partition coefficient (Wildman–Crippen LogP) is 1.78. The summed E-state index contributed by atoms with van der Waals surface area (Å²) in [4.78, 5) is 0. The van der Waals surface area contributed by atoms with Crippen LogP contribution in [-0.2, 0) is 19.5 Å². The van der Waals surface area contributed by atoms with Gasteiger partial charge in [0.2, 0.25) is 0 Å². The van der Waals surface area contributed by atoms with Gasteiger partial charge in [-0.3, -0.25) is 0 Å².